The molecule has 7 heterocycles. The molecule has 5 nitrogen and oxygen atoms in total. The molecule has 7 aliphatic rings. The molecule has 0 saturated carbocycles. The average molecular weight is 539 g/mol. The zero-order valence-electron chi connectivity index (χ0n) is 22.0. The van der Waals surface area contributed by atoms with Gasteiger partial charge < -0.3 is 14.2 Å². The summed E-state index contributed by atoms with van der Waals surface area (Å²) in [7, 11) is 0. The predicted molar refractivity (Wildman–Crippen MR) is 151 cm³/mol. The molecule has 2 aromatic heterocycles. The van der Waals surface area contributed by atoms with E-state index >= 15 is 0 Å². The smallest absolute Gasteiger partial charge is 0.423 e. The van der Waals surface area contributed by atoms with E-state index in [2.05, 4.69) is 106 Å². The van der Waals surface area contributed by atoms with Crippen LogP contribution in [0, 0.1) is 0 Å². The van der Waals surface area contributed by atoms with Gasteiger partial charge in [-0.25, -0.2) is 0 Å². The maximum atomic E-state index is 6.91. The number of fused-ring (bicyclic) bond motifs is 2. The SMILES string of the molecule is c1cc2c3c(c1)-c1ccc[n+]4c1C3c1c(ccc3c1C41c4c(ccc5c4C4c6c(cccc6-c6ccc[n+]1c64)O5)O3)O2. The van der Waals surface area contributed by atoms with Crippen LogP contribution in [0.4, 0.5) is 0 Å². The first kappa shape index (κ1) is 19.6. The van der Waals surface area contributed by atoms with Crippen LogP contribution in [0.5, 0.6) is 34.5 Å². The molecule has 6 aromatic rings. The summed E-state index contributed by atoms with van der Waals surface area (Å²) in [5, 5.41) is 0. The molecule has 4 aromatic carbocycles. The predicted octanol–water partition coefficient (Wildman–Crippen LogP) is 6.82. The van der Waals surface area contributed by atoms with Crippen LogP contribution in [0.1, 0.15) is 56.6 Å². The minimum atomic E-state index is -0.713. The molecule has 42 heavy (non-hydrogen) atoms. The normalized spacial score (nSPS) is 22.5. The van der Waals surface area contributed by atoms with Gasteiger partial charge in [0.1, 0.15) is 46.3 Å². The van der Waals surface area contributed by atoms with E-state index in [1.165, 1.54) is 67.0 Å². The number of rotatable bonds is 0. The van der Waals surface area contributed by atoms with Crippen LogP contribution in [-0.2, 0) is 5.66 Å². The molecule has 5 aliphatic heterocycles. The molecular weight excluding hydrogens is 520 g/mol. The zero-order valence-corrected chi connectivity index (χ0v) is 22.0. The van der Waals surface area contributed by atoms with Crippen molar-refractivity contribution in [2.24, 2.45) is 0 Å². The quantitative estimate of drug-likeness (QED) is 0.199. The lowest BCUT2D eigenvalue weighted by molar-refractivity contribution is -0.979. The number of benzene rings is 4. The Kier molecular flexibility index (Phi) is 2.71. The van der Waals surface area contributed by atoms with E-state index < -0.39 is 5.66 Å². The van der Waals surface area contributed by atoms with Crippen molar-refractivity contribution in [1.29, 1.82) is 0 Å². The average Bonchev–Trinajstić information content (AvgIpc) is 3.56. The highest BCUT2D eigenvalue weighted by Crippen LogP contribution is 2.67. The van der Waals surface area contributed by atoms with E-state index in [4.69, 9.17) is 14.2 Å². The van der Waals surface area contributed by atoms with Gasteiger partial charge in [-0.2, -0.15) is 0 Å². The molecule has 13 rings (SSSR count). The zero-order chi connectivity index (χ0) is 26.6. The van der Waals surface area contributed by atoms with Gasteiger partial charge in [-0.05, 0) is 59.7 Å². The van der Waals surface area contributed by atoms with Crippen molar-refractivity contribution in [2.75, 3.05) is 0 Å². The van der Waals surface area contributed by atoms with Crippen molar-refractivity contribution >= 4 is 0 Å². The van der Waals surface area contributed by atoms with E-state index in [-0.39, 0.29) is 11.8 Å². The van der Waals surface area contributed by atoms with Crippen molar-refractivity contribution in [3.63, 3.8) is 0 Å². The summed E-state index contributed by atoms with van der Waals surface area (Å²) >= 11 is 0. The summed E-state index contributed by atoms with van der Waals surface area (Å²) in [4.78, 5) is 0. The summed E-state index contributed by atoms with van der Waals surface area (Å²) in [6, 6.07) is 30.4. The van der Waals surface area contributed by atoms with Gasteiger partial charge in [-0.3, -0.25) is 0 Å². The van der Waals surface area contributed by atoms with Crippen molar-refractivity contribution in [3.8, 4) is 56.8 Å². The summed E-state index contributed by atoms with van der Waals surface area (Å²) in [5.74, 6) is 5.67. The topological polar surface area (TPSA) is 35.5 Å². The Balaban J connectivity index is 1.32. The van der Waals surface area contributed by atoms with Crippen molar-refractivity contribution in [2.45, 2.75) is 17.5 Å². The molecular formula is C37H18N2O3+2. The number of hydrogen-bond acceptors (Lipinski definition) is 3. The van der Waals surface area contributed by atoms with Gasteiger partial charge >= 0.3 is 5.66 Å². The Hall–Kier alpha value is -5.42. The van der Waals surface area contributed by atoms with Crippen LogP contribution >= 0.6 is 0 Å². The third-order valence-corrected chi connectivity index (χ3v) is 10.9. The lowest BCUT2D eigenvalue weighted by Crippen LogP contribution is -2.80. The van der Waals surface area contributed by atoms with Gasteiger partial charge in [-0.15, -0.1) is 9.13 Å². The highest BCUT2D eigenvalue weighted by atomic mass is 16.5. The molecule has 0 bridgehead atoms. The fourth-order valence-corrected chi connectivity index (χ4v) is 9.70. The van der Waals surface area contributed by atoms with Crippen molar-refractivity contribution in [3.05, 3.63) is 142 Å². The fourth-order valence-electron chi connectivity index (χ4n) is 9.70. The molecule has 2 aliphatic carbocycles. The first-order valence-electron chi connectivity index (χ1n) is 14.6. The van der Waals surface area contributed by atoms with Crippen LogP contribution in [0.2, 0.25) is 0 Å². The Labute approximate surface area is 239 Å². The van der Waals surface area contributed by atoms with Gasteiger partial charge in [-0.1, -0.05) is 24.3 Å². The Morgan fingerprint density at radius 2 is 0.857 bits per heavy atom. The van der Waals surface area contributed by atoms with Gasteiger partial charge in [0.2, 0.25) is 11.4 Å². The van der Waals surface area contributed by atoms with Crippen LogP contribution < -0.4 is 23.3 Å². The van der Waals surface area contributed by atoms with E-state index in [1.807, 2.05) is 0 Å². The minimum Gasteiger partial charge on any atom is -0.457 e. The molecule has 1 spiro atoms. The van der Waals surface area contributed by atoms with Crippen molar-refractivity contribution in [1.82, 2.24) is 0 Å². The second-order valence-corrected chi connectivity index (χ2v) is 12.3. The standard InChI is InChI=1S/C37H18N2O3/c1-5-17-19-7-3-15-38-35(19)31-27(17)21(9-1)40-23-11-13-25-33(29(23)31)37(38)34-26(42-25)14-12-24-30(34)32-28-18(6-2-10-22(28)41-24)20-8-4-16-39(37)36(20)32/h1-16,31-32H/q+2. The third-order valence-electron chi connectivity index (χ3n) is 10.9. The van der Waals surface area contributed by atoms with E-state index in [0.29, 0.717) is 0 Å². The third kappa shape index (κ3) is 1.67. The van der Waals surface area contributed by atoms with Crippen LogP contribution in [-0.4, -0.2) is 0 Å². The van der Waals surface area contributed by atoms with Gasteiger partial charge in [0, 0.05) is 34.4 Å². The molecule has 2 unspecified atom stereocenters. The van der Waals surface area contributed by atoms with Crippen LogP contribution in [0.3, 0.4) is 0 Å². The molecule has 2 atom stereocenters. The van der Waals surface area contributed by atoms with Crippen LogP contribution in [0.15, 0.2) is 97.3 Å². The fraction of sp³-hybridized carbons (Fsp3) is 0.0811. The Bertz CT molecular complexity index is 2260. The molecule has 0 saturated heterocycles. The number of ether oxygens (including phenoxy) is 3. The summed E-state index contributed by atoms with van der Waals surface area (Å²) in [6.07, 6.45) is 4.58. The molecule has 0 amide bonds. The monoisotopic (exact) mass is 538 g/mol. The summed E-state index contributed by atoms with van der Waals surface area (Å²) in [5.41, 5.74) is 14.3. The number of aromatic nitrogens is 2. The highest BCUT2D eigenvalue weighted by Gasteiger charge is 2.73. The van der Waals surface area contributed by atoms with Gasteiger partial charge in [0.05, 0.1) is 11.1 Å². The van der Waals surface area contributed by atoms with Crippen molar-refractivity contribution < 1.29 is 23.3 Å². The first-order chi connectivity index (χ1) is 20.8. The summed E-state index contributed by atoms with van der Waals surface area (Å²) in [6.45, 7) is 0. The minimum absolute atomic E-state index is 0.0801. The largest absolute Gasteiger partial charge is 0.457 e. The molecule has 0 radical (unpaired) electrons. The molecule has 0 N–H and O–H groups in total. The molecule has 5 heteroatoms. The maximum Gasteiger partial charge on any atom is 0.423 e. The maximum absolute atomic E-state index is 6.91. The number of nitrogens with zero attached hydrogens (tertiary/aromatic N) is 2. The Morgan fingerprint density at radius 3 is 1.38 bits per heavy atom. The van der Waals surface area contributed by atoms with Gasteiger partial charge in [0.15, 0.2) is 23.5 Å². The molecule has 0 fully saturated rings. The number of hydrogen-bond donors (Lipinski definition) is 0. The summed E-state index contributed by atoms with van der Waals surface area (Å²) < 4.78 is 25.5. The lowest BCUT2D eigenvalue weighted by Gasteiger charge is -2.43. The second-order valence-electron chi connectivity index (χ2n) is 12.3. The number of pyridine rings is 2. The highest BCUT2D eigenvalue weighted by molar-refractivity contribution is 5.87. The Morgan fingerprint density at radius 1 is 0.429 bits per heavy atom. The lowest BCUT2D eigenvalue weighted by atomic mass is 9.68. The van der Waals surface area contributed by atoms with E-state index in [9.17, 15) is 0 Å². The first-order valence-corrected chi connectivity index (χ1v) is 14.6. The molecule has 192 valence electrons. The second kappa shape index (κ2) is 5.81. The van der Waals surface area contributed by atoms with E-state index in [0.717, 1.165) is 34.5 Å². The van der Waals surface area contributed by atoms with Crippen LogP contribution in [0.25, 0.3) is 22.3 Å². The van der Waals surface area contributed by atoms with E-state index in [1.54, 1.807) is 0 Å². The van der Waals surface area contributed by atoms with Gasteiger partial charge in [0.25, 0.3) is 0 Å².